The van der Waals surface area contributed by atoms with Gasteiger partial charge in [-0.05, 0) is 24.5 Å². The number of piperidine rings is 1. The fourth-order valence-corrected chi connectivity index (χ4v) is 2.76. The Morgan fingerprint density at radius 3 is 2.86 bits per heavy atom. The van der Waals surface area contributed by atoms with Crippen molar-refractivity contribution in [3.05, 3.63) is 23.8 Å². The fraction of sp³-hybridized carbons (Fsp3) is 0.533. The largest absolute Gasteiger partial charge is 0.486 e. The van der Waals surface area contributed by atoms with Gasteiger partial charge in [0.1, 0.15) is 13.2 Å². The summed E-state index contributed by atoms with van der Waals surface area (Å²) in [5.41, 5.74) is 6.60. The number of likely N-dealkylation sites (tertiary alicyclic amines) is 1. The van der Waals surface area contributed by atoms with E-state index >= 15 is 0 Å². The maximum atomic E-state index is 12.7. The lowest BCUT2D eigenvalue weighted by atomic mass is 9.94. The van der Waals surface area contributed by atoms with E-state index in [1.807, 2.05) is 17.0 Å². The van der Waals surface area contributed by atoms with Crippen LogP contribution in [0.3, 0.4) is 0 Å². The predicted octanol–water partition coefficient (Wildman–Crippen LogP) is 1.69. The number of carbonyl (C=O) groups is 1. The number of nitrogens with zero attached hydrogens (tertiary/aromatic N) is 1. The van der Waals surface area contributed by atoms with Crippen LogP contribution in [-0.4, -0.2) is 43.2 Å². The molecule has 0 aliphatic carbocycles. The van der Waals surface area contributed by atoms with Gasteiger partial charge in [-0.3, -0.25) is 4.79 Å². The maximum Gasteiger partial charge on any atom is 0.257 e. The second kappa shape index (κ2) is 6.54. The average molecular weight is 313 g/mol. The van der Waals surface area contributed by atoms with Crippen LogP contribution < -0.4 is 15.2 Å². The Kier molecular flexibility index (Phi) is 4.96. The first-order chi connectivity index (χ1) is 9.66. The first-order valence-corrected chi connectivity index (χ1v) is 7.10. The predicted molar refractivity (Wildman–Crippen MR) is 82.3 cm³/mol. The minimum atomic E-state index is 0. The van der Waals surface area contributed by atoms with Crippen LogP contribution in [0.1, 0.15) is 23.7 Å². The molecule has 1 saturated heterocycles. The number of hydrogen-bond donors (Lipinski definition) is 1. The highest BCUT2D eigenvalue weighted by Crippen LogP contribution is 2.34. The zero-order valence-electron chi connectivity index (χ0n) is 12.1. The van der Waals surface area contributed by atoms with E-state index < -0.39 is 0 Å². The van der Waals surface area contributed by atoms with Crippen LogP contribution in [0.15, 0.2) is 18.2 Å². The van der Waals surface area contributed by atoms with Gasteiger partial charge >= 0.3 is 0 Å². The Bertz CT molecular complexity index is 524. The number of amides is 1. The molecular formula is C15H21ClN2O3. The summed E-state index contributed by atoms with van der Waals surface area (Å²) >= 11 is 0. The molecule has 0 saturated carbocycles. The van der Waals surface area contributed by atoms with Crippen molar-refractivity contribution in [3.8, 4) is 11.5 Å². The molecule has 21 heavy (non-hydrogen) atoms. The minimum absolute atomic E-state index is 0. The highest BCUT2D eigenvalue weighted by molar-refractivity contribution is 5.98. The van der Waals surface area contributed by atoms with E-state index in [2.05, 4.69) is 6.92 Å². The van der Waals surface area contributed by atoms with Gasteiger partial charge in [-0.25, -0.2) is 0 Å². The standard InChI is InChI=1S/C15H20N2O3.ClH/c1-10-9-17(6-5-12(10)16)15(18)11-3-2-4-13-14(11)20-8-7-19-13;/h2-4,10,12H,5-9,16H2,1H3;1H. The molecule has 2 atom stereocenters. The number of rotatable bonds is 1. The van der Waals surface area contributed by atoms with Crippen molar-refractivity contribution in [2.45, 2.75) is 19.4 Å². The molecule has 3 rings (SSSR count). The second-order valence-corrected chi connectivity index (χ2v) is 5.51. The molecule has 0 spiro atoms. The molecule has 0 radical (unpaired) electrons. The monoisotopic (exact) mass is 312 g/mol. The Morgan fingerprint density at radius 1 is 1.33 bits per heavy atom. The molecule has 0 bridgehead atoms. The van der Waals surface area contributed by atoms with Crippen molar-refractivity contribution < 1.29 is 14.3 Å². The first-order valence-electron chi connectivity index (χ1n) is 7.10. The minimum Gasteiger partial charge on any atom is -0.486 e. The summed E-state index contributed by atoms with van der Waals surface area (Å²) in [6.45, 7) is 4.50. The van der Waals surface area contributed by atoms with E-state index in [-0.39, 0.29) is 24.4 Å². The SMILES string of the molecule is CC1CN(C(=O)c2cccc3c2OCCO3)CCC1N.Cl. The van der Waals surface area contributed by atoms with Crippen LogP contribution in [0.5, 0.6) is 11.5 Å². The fourth-order valence-electron chi connectivity index (χ4n) is 2.76. The molecule has 2 N–H and O–H groups in total. The molecule has 0 aromatic heterocycles. The molecule has 2 heterocycles. The van der Waals surface area contributed by atoms with Gasteiger partial charge in [0.05, 0.1) is 5.56 Å². The number of benzene rings is 1. The zero-order chi connectivity index (χ0) is 14.1. The number of para-hydroxylation sites is 1. The summed E-state index contributed by atoms with van der Waals surface area (Å²) in [6, 6.07) is 5.65. The lowest BCUT2D eigenvalue weighted by Crippen LogP contribution is -2.48. The topological polar surface area (TPSA) is 64.8 Å². The van der Waals surface area contributed by atoms with Gasteiger partial charge in [-0.2, -0.15) is 0 Å². The Morgan fingerprint density at radius 2 is 2.10 bits per heavy atom. The number of carbonyl (C=O) groups excluding carboxylic acids is 1. The van der Waals surface area contributed by atoms with Crippen molar-refractivity contribution in [2.24, 2.45) is 11.7 Å². The third kappa shape index (κ3) is 3.09. The maximum absolute atomic E-state index is 12.7. The highest BCUT2D eigenvalue weighted by Gasteiger charge is 2.29. The van der Waals surface area contributed by atoms with Crippen molar-refractivity contribution in [3.63, 3.8) is 0 Å². The number of halogens is 1. The quantitative estimate of drug-likeness (QED) is 0.857. The van der Waals surface area contributed by atoms with E-state index in [0.717, 1.165) is 6.42 Å². The summed E-state index contributed by atoms with van der Waals surface area (Å²) in [6.07, 6.45) is 0.847. The van der Waals surface area contributed by atoms with Crippen LogP contribution in [0.25, 0.3) is 0 Å². The van der Waals surface area contributed by atoms with Crippen molar-refractivity contribution in [1.29, 1.82) is 0 Å². The molecule has 1 fully saturated rings. The lowest BCUT2D eigenvalue weighted by Gasteiger charge is -2.35. The number of fused-ring (bicyclic) bond motifs is 1. The third-order valence-electron chi connectivity index (χ3n) is 4.06. The van der Waals surface area contributed by atoms with Gasteiger partial charge in [0.25, 0.3) is 5.91 Å². The molecule has 6 heteroatoms. The van der Waals surface area contributed by atoms with Crippen molar-refractivity contribution in [1.82, 2.24) is 4.90 Å². The summed E-state index contributed by atoms with van der Waals surface area (Å²) in [5.74, 6) is 1.56. The summed E-state index contributed by atoms with van der Waals surface area (Å²) in [7, 11) is 0. The van der Waals surface area contributed by atoms with Gasteiger partial charge in [-0.1, -0.05) is 13.0 Å². The molecule has 116 valence electrons. The van der Waals surface area contributed by atoms with Gasteiger partial charge in [-0.15, -0.1) is 12.4 Å². The zero-order valence-corrected chi connectivity index (χ0v) is 12.9. The highest BCUT2D eigenvalue weighted by atomic mass is 35.5. The molecule has 5 nitrogen and oxygen atoms in total. The summed E-state index contributed by atoms with van der Waals surface area (Å²) < 4.78 is 11.1. The van der Waals surface area contributed by atoms with Crippen molar-refractivity contribution >= 4 is 18.3 Å². The van der Waals surface area contributed by atoms with Crippen LogP contribution in [0.2, 0.25) is 0 Å². The lowest BCUT2D eigenvalue weighted by molar-refractivity contribution is 0.0654. The number of ether oxygens (including phenoxy) is 2. The summed E-state index contributed by atoms with van der Waals surface area (Å²) in [5, 5.41) is 0. The van der Waals surface area contributed by atoms with Gasteiger partial charge in [0.15, 0.2) is 11.5 Å². The van der Waals surface area contributed by atoms with Crippen LogP contribution in [0.4, 0.5) is 0 Å². The van der Waals surface area contributed by atoms with Crippen molar-refractivity contribution in [2.75, 3.05) is 26.3 Å². The van der Waals surface area contributed by atoms with Crippen LogP contribution >= 0.6 is 12.4 Å². The Hall–Kier alpha value is -1.46. The third-order valence-corrected chi connectivity index (χ3v) is 4.06. The van der Waals surface area contributed by atoms with E-state index in [1.165, 1.54) is 0 Å². The van der Waals surface area contributed by atoms with E-state index in [4.69, 9.17) is 15.2 Å². The first kappa shape index (κ1) is 15.9. The molecule has 2 unspecified atom stereocenters. The van der Waals surface area contributed by atoms with Gasteiger partial charge in [0, 0.05) is 19.1 Å². The second-order valence-electron chi connectivity index (χ2n) is 5.51. The van der Waals surface area contributed by atoms with E-state index in [9.17, 15) is 4.79 Å². The molecule has 1 aromatic carbocycles. The van der Waals surface area contributed by atoms with Crippen LogP contribution in [0, 0.1) is 5.92 Å². The van der Waals surface area contributed by atoms with E-state index in [0.29, 0.717) is 49.3 Å². The molecule has 2 aliphatic rings. The Labute approximate surface area is 130 Å². The average Bonchev–Trinajstić information content (AvgIpc) is 2.49. The smallest absolute Gasteiger partial charge is 0.257 e. The summed E-state index contributed by atoms with van der Waals surface area (Å²) in [4.78, 5) is 14.5. The van der Waals surface area contributed by atoms with Gasteiger partial charge in [0.2, 0.25) is 0 Å². The normalized spacial score (nSPS) is 24.2. The number of hydrogen-bond acceptors (Lipinski definition) is 4. The number of nitrogens with two attached hydrogens (primary N) is 1. The van der Waals surface area contributed by atoms with E-state index in [1.54, 1.807) is 6.07 Å². The molecule has 1 aromatic rings. The molecule has 2 aliphatic heterocycles. The van der Waals surface area contributed by atoms with Gasteiger partial charge < -0.3 is 20.1 Å². The Balaban J connectivity index is 0.00000161. The van der Waals surface area contributed by atoms with Crippen LogP contribution in [-0.2, 0) is 0 Å². The molecule has 1 amide bonds. The molecular weight excluding hydrogens is 292 g/mol.